The van der Waals surface area contributed by atoms with E-state index in [1.807, 2.05) is 19.9 Å². The molecule has 1 fully saturated rings. The molecule has 3 atom stereocenters. The summed E-state index contributed by atoms with van der Waals surface area (Å²) in [5.74, 6) is 0.0382. The van der Waals surface area contributed by atoms with Crippen molar-refractivity contribution < 1.29 is 14.7 Å². The average molecular weight is 446 g/mol. The molecular formula is C22H28ClN5O3. The fourth-order valence-corrected chi connectivity index (χ4v) is 4.76. The summed E-state index contributed by atoms with van der Waals surface area (Å²) in [5.41, 5.74) is 1.77. The van der Waals surface area contributed by atoms with Crippen molar-refractivity contribution in [2.75, 3.05) is 5.32 Å². The fourth-order valence-electron chi connectivity index (χ4n) is 4.56. The number of aliphatic hydroxyl groups is 1. The van der Waals surface area contributed by atoms with E-state index in [4.69, 9.17) is 11.6 Å². The molecule has 0 bridgehead atoms. The monoisotopic (exact) mass is 445 g/mol. The molecule has 0 aromatic carbocycles. The first-order valence-corrected chi connectivity index (χ1v) is 11.0. The Labute approximate surface area is 186 Å². The van der Waals surface area contributed by atoms with Crippen molar-refractivity contribution in [1.29, 1.82) is 0 Å². The summed E-state index contributed by atoms with van der Waals surface area (Å²) in [6.07, 6.45) is 4.08. The van der Waals surface area contributed by atoms with Crippen LogP contribution in [-0.2, 0) is 16.1 Å². The first-order valence-electron chi connectivity index (χ1n) is 10.6. The summed E-state index contributed by atoms with van der Waals surface area (Å²) in [6, 6.07) is 3.58. The van der Waals surface area contributed by atoms with Crippen LogP contribution in [0.4, 0.5) is 5.82 Å². The largest absolute Gasteiger partial charge is 0.386 e. The van der Waals surface area contributed by atoms with E-state index in [1.54, 1.807) is 10.7 Å². The number of rotatable bonds is 4. The zero-order valence-electron chi connectivity index (χ0n) is 18.0. The first-order chi connectivity index (χ1) is 14.6. The molecule has 2 amide bonds. The van der Waals surface area contributed by atoms with Crippen molar-refractivity contribution in [3.8, 4) is 11.3 Å². The van der Waals surface area contributed by atoms with Gasteiger partial charge in [-0.15, -0.1) is 0 Å². The molecule has 8 nitrogen and oxygen atoms in total. The van der Waals surface area contributed by atoms with E-state index in [-0.39, 0.29) is 29.2 Å². The number of hydrogen-bond acceptors (Lipinski definition) is 5. The minimum atomic E-state index is -0.601. The van der Waals surface area contributed by atoms with Crippen LogP contribution < -0.4 is 10.6 Å². The van der Waals surface area contributed by atoms with Crippen LogP contribution in [-0.4, -0.2) is 37.7 Å². The van der Waals surface area contributed by atoms with Gasteiger partial charge in [-0.2, -0.15) is 5.10 Å². The third kappa shape index (κ3) is 4.45. The van der Waals surface area contributed by atoms with E-state index in [9.17, 15) is 14.7 Å². The molecule has 1 unspecified atom stereocenters. The summed E-state index contributed by atoms with van der Waals surface area (Å²) in [5, 5.41) is 21.4. The van der Waals surface area contributed by atoms with Gasteiger partial charge in [0.2, 0.25) is 11.8 Å². The number of carbonyl (C=O) groups is 2. The zero-order valence-corrected chi connectivity index (χ0v) is 18.7. The van der Waals surface area contributed by atoms with Crippen molar-refractivity contribution in [3.63, 3.8) is 0 Å². The van der Waals surface area contributed by atoms with Crippen molar-refractivity contribution >= 4 is 29.2 Å². The van der Waals surface area contributed by atoms with Gasteiger partial charge < -0.3 is 15.7 Å². The van der Waals surface area contributed by atoms with Gasteiger partial charge in [0.1, 0.15) is 11.9 Å². The van der Waals surface area contributed by atoms with Crippen molar-refractivity contribution in [2.45, 2.75) is 65.1 Å². The van der Waals surface area contributed by atoms with Crippen molar-refractivity contribution in [3.05, 3.63) is 29.0 Å². The topological polar surface area (TPSA) is 109 Å². The van der Waals surface area contributed by atoms with Gasteiger partial charge in [0, 0.05) is 42.6 Å². The Morgan fingerprint density at radius 1 is 1.29 bits per heavy atom. The van der Waals surface area contributed by atoms with Crippen molar-refractivity contribution in [2.24, 2.45) is 11.3 Å². The minimum Gasteiger partial charge on any atom is -0.386 e. The number of fused-ring (bicyclic) bond motifs is 1. The van der Waals surface area contributed by atoms with Crippen molar-refractivity contribution in [1.82, 2.24) is 20.1 Å². The van der Waals surface area contributed by atoms with Crippen LogP contribution in [0.2, 0.25) is 5.02 Å². The molecule has 3 heterocycles. The number of hydrogen-bond donors (Lipinski definition) is 3. The van der Waals surface area contributed by atoms with Gasteiger partial charge in [-0.05, 0) is 31.4 Å². The van der Waals surface area contributed by atoms with E-state index in [2.05, 4.69) is 20.7 Å². The predicted molar refractivity (Wildman–Crippen MR) is 117 cm³/mol. The highest BCUT2D eigenvalue weighted by Gasteiger charge is 2.39. The summed E-state index contributed by atoms with van der Waals surface area (Å²) >= 11 is 6.37. The standard InChI is InChI=1S/C22H28ClN5O3/c1-12(29)25-14-6-4-5-13(7-14)21(31)26-19-8-15(16(23)10-24-19)17-9-18-20(30)22(2,3)11-28(18)27-17/h8-10,13-14,20,30H,4-7,11H2,1-3H3,(H,25,29)(H,24,26,31)/t13-,14+,20?/m0/s1. The summed E-state index contributed by atoms with van der Waals surface area (Å²) in [7, 11) is 0. The smallest absolute Gasteiger partial charge is 0.228 e. The maximum Gasteiger partial charge on any atom is 0.228 e. The van der Waals surface area contributed by atoms with E-state index in [0.29, 0.717) is 35.1 Å². The van der Waals surface area contributed by atoms with Gasteiger partial charge in [-0.1, -0.05) is 31.9 Å². The molecule has 0 saturated heterocycles. The molecule has 2 aromatic rings. The molecule has 3 N–H and O–H groups in total. The lowest BCUT2D eigenvalue weighted by Crippen LogP contribution is -2.40. The Bertz CT molecular complexity index is 1020. The van der Waals surface area contributed by atoms with E-state index in [0.717, 1.165) is 25.0 Å². The SMILES string of the molecule is CC(=O)N[C@@H]1CCC[C@H](C(=O)Nc2cc(-c3cc4n(n3)CC(C)(C)C4O)c(Cl)cn2)C1. The molecule has 4 rings (SSSR count). The molecule has 0 radical (unpaired) electrons. The summed E-state index contributed by atoms with van der Waals surface area (Å²) in [6.45, 7) is 6.11. The predicted octanol–water partition coefficient (Wildman–Crippen LogP) is 3.31. The number of anilines is 1. The van der Waals surface area contributed by atoms with Crippen LogP contribution in [0.5, 0.6) is 0 Å². The highest BCUT2D eigenvalue weighted by atomic mass is 35.5. The number of nitrogens with zero attached hydrogens (tertiary/aromatic N) is 3. The lowest BCUT2D eigenvalue weighted by Gasteiger charge is -2.28. The zero-order chi connectivity index (χ0) is 22.3. The van der Waals surface area contributed by atoms with Gasteiger partial charge in [0.25, 0.3) is 0 Å². The van der Waals surface area contributed by atoms with Gasteiger partial charge >= 0.3 is 0 Å². The number of aromatic nitrogens is 3. The number of nitrogens with one attached hydrogen (secondary N) is 2. The van der Waals surface area contributed by atoms with E-state index in [1.165, 1.54) is 13.1 Å². The fraction of sp³-hybridized carbons (Fsp3) is 0.545. The maximum absolute atomic E-state index is 12.8. The van der Waals surface area contributed by atoms with Crippen LogP contribution in [0.25, 0.3) is 11.3 Å². The molecule has 166 valence electrons. The quantitative estimate of drug-likeness (QED) is 0.668. The third-order valence-corrected chi connectivity index (χ3v) is 6.52. The molecular weight excluding hydrogens is 418 g/mol. The second-order valence-corrected chi connectivity index (χ2v) is 9.71. The third-order valence-electron chi connectivity index (χ3n) is 6.22. The first kappa shape index (κ1) is 21.8. The molecule has 1 aliphatic heterocycles. The minimum absolute atomic E-state index is 0.0272. The van der Waals surface area contributed by atoms with Gasteiger partial charge in [-0.25, -0.2) is 4.98 Å². The number of carbonyl (C=O) groups excluding carboxylic acids is 2. The second kappa shape index (κ2) is 8.24. The Morgan fingerprint density at radius 3 is 2.77 bits per heavy atom. The van der Waals surface area contributed by atoms with Crippen LogP contribution in [0.15, 0.2) is 18.3 Å². The van der Waals surface area contributed by atoms with Crippen LogP contribution >= 0.6 is 11.6 Å². The molecule has 2 aromatic heterocycles. The van der Waals surface area contributed by atoms with E-state index < -0.39 is 6.10 Å². The van der Waals surface area contributed by atoms with Crippen LogP contribution in [0.3, 0.4) is 0 Å². The highest BCUT2D eigenvalue weighted by Crippen LogP contribution is 2.43. The molecule has 9 heteroatoms. The summed E-state index contributed by atoms with van der Waals surface area (Å²) in [4.78, 5) is 28.4. The Kier molecular flexibility index (Phi) is 5.79. The number of amides is 2. The highest BCUT2D eigenvalue weighted by molar-refractivity contribution is 6.33. The van der Waals surface area contributed by atoms with Crippen LogP contribution in [0, 0.1) is 11.3 Å². The lowest BCUT2D eigenvalue weighted by atomic mass is 9.85. The molecule has 0 spiro atoms. The molecule has 1 saturated carbocycles. The summed E-state index contributed by atoms with van der Waals surface area (Å²) < 4.78 is 1.80. The van der Waals surface area contributed by atoms with Gasteiger partial charge in [-0.3, -0.25) is 14.3 Å². The maximum atomic E-state index is 12.8. The number of halogens is 1. The van der Waals surface area contributed by atoms with Crippen LogP contribution in [0.1, 0.15) is 58.3 Å². The molecule has 31 heavy (non-hydrogen) atoms. The number of pyridine rings is 1. The lowest BCUT2D eigenvalue weighted by molar-refractivity contribution is -0.123. The van der Waals surface area contributed by atoms with Gasteiger partial charge in [0.05, 0.1) is 16.4 Å². The average Bonchev–Trinajstić information content (AvgIpc) is 3.19. The van der Waals surface area contributed by atoms with E-state index >= 15 is 0 Å². The normalized spacial score (nSPS) is 24.5. The molecule has 2 aliphatic rings. The number of aliphatic hydroxyl groups excluding tert-OH is 1. The Balaban J connectivity index is 1.50. The van der Waals surface area contributed by atoms with Gasteiger partial charge in [0.15, 0.2) is 0 Å². The Morgan fingerprint density at radius 2 is 2.06 bits per heavy atom. The molecule has 1 aliphatic carbocycles. The second-order valence-electron chi connectivity index (χ2n) is 9.30. The Hall–Kier alpha value is -2.45.